The molecule has 6 nitrogen and oxygen atoms in total. The van der Waals surface area contributed by atoms with Crippen LogP contribution in [0.2, 0.25) is 0 Å². The van der Waals surface area contributed by atoms with Crippen LogP contribution in [0.25, 0.3) is 0 Å². The van der Waals surface area contributed by atoms with Gasteiger partial charge in [-0.05, 0) is 27.7 Å². The number of nitrogens with zero attached hydrogens (tertiary/aromatic N) is 3. The summed E-state index contributed by atoms with van der Waals surface area (Å²) >= 11 is 0. The van der Waals surface area contributed by atoms with Crippen LogP contribution in [-0.2, 0) is 9.53 Å². The summed E-state index contributed by atoms with van der Waals surface area (Å²) in [5.74, 6) is 1.54. The number of anilines is 1. The predicted octanol–water partition coefficient (Wildman–Crippen LogP) is 1.57. The molecule has 6 heteroatoms. The third-order valence-electron chi connectivity index (χ3n) is 2.42. The second-order valence-corrected chi connectivity index (χ2v) is 3.86. The van der Waals surface area contributed by atoms with Crippen LogP contribution in [0.15, 0.2) is 6.07 Å². The van der Waals surface area contributed by atoms with Crippen molar-refractivity contribution in [2.45, 2.75) is 27.7 Å². The summed E-state index contributed by atoms with van der Waals surface area (Å²) in [7, 11) is 0. The summed E-state index contributed by atoms with van der Waals surface area (Å²) in [5.41, 5.74) is 0. The lowest BCUT2D eigenvalue weighted by Gasteiger charge is -2.21. The molecule has 1 rings (SSSR count). The zero-order valence-corrected chi connectivity index (χ0v) is 12.0. The molecule has 0 spiro atoms. The highest BCUT2D eigenvalue weighted by Gasteiger charge is 2.14. The maximum absolute atomic E-state index is 11.5. The van der Waals surface area contributed by atoms with Crippen LogP contribution in [-0.4, -0.2) is 42.2 Å². The SMILES string of the molecule is CCOC(=O)CN(CC)c1cc(OCC)nc(C)n1. The van der Waals surface area contributed by atoms with Gasteiger partial charge in [-0.2, -0.15) is 4.98 Å². The Labute approximate surface area is 113 Å². The van der Waals surface area contributed by atoms with E-state index in [1.165, 1.54) is 0 Å². The molecule has 0 radical (unpaired) electrons. The number of aromatic nitrogens is 2. The number of ether oxygens (including phenoxy) is 2. The van der Waals surface area contributed by atoms with Crippen LogP contribution in [0.4, 0.5) is 5.82 Å². The minimum atomic E-state index is -0.265. The van der Waals surface area contributed by atoms with E-state index < -0.39 is 0 Å². The topological polar surface area (TPSA) is 64.5 Å². The van der Waals surface area contributed by atoms with Gasteiger partial charge in [0.05, 0.1) is 13.2 Å². The summed E-state index contributed by atoms with van der Waals surface area (Å²) in [5, 5.41) is 0. The molecule has 0 saturated carbocycles. The van der Waals surface area contributed by atoms with Crippen molar-refractivity contribution in [3.05, 3.63) is 11.9 Å². The lowest BCUT2D eigenvalue weighted by atomic mass is 10.4. The number of likely N-dealkylation sites (N-methyl/N-ethyl adjacent to an activating group) is 1. The number of hydrogen-bond donors (Lipinski definition) is 0. The highest BCUT2D eigenvalue weighted by atomic mass is 16.5. The van der Waals surface area contributed by atoms with E-state index in [-0.39, 0.29) is 12.5 Å². The zero-order valence-electron chi connectivity index (χ0n) is 12.0. The largest absolute Gasteiger partial charge is 0.478 e. The average molecular weight is 267 g/mol. The highest BCUT2D eigenvalue weighted by molar-refractivity contribution is 5.75. The van der Waals surface area contributed by atoms with Gasteiger partial charge in [0.15, 0.2) is 0 Å². The van der Waals surface area contributed by atoms with E-state index in [4.69, 9.17) is 9.47 Å². The normalized spacial score (nSPS) is 10.1. The third kappa shape index (κ3) is 4.73. The predicted molar refractivity (Wildman–Crippen MR) is 72.5 cm³/mol. The first kappa shape index (κ1) is 15.2. The second kappa shape index (κ2) is 7.56. The quantitative estimate of drug-likeness (QED) is 0.699. The van der Waals surface area contributed by atoms with Crippen molar-refractivity contribution >= 4 is 11.8 Å². The smallest absolute Gasteiger partial charge is 0.325 e. The molecule has 19 heavy (non-hydrogen) atoms. The number of hydrogen-bond acceptors (Lipinski definition) is 6. The fourth-order valence-corrected chi connectivity index (χ4v) is 1.63. The van der Waals surface area contributed by atoms with Crippen molar-refractivity contribution in [3.63, 3.8) is 0 Å². The standard InChI is InChI=1S/C13H21N3O3/c1-5-16(9-13(17)19-7-3)11-8-12(18-6-2)15-10(4)14-11/h8H,5-7,9H2,1-4H3. The van der Waals surface area contributed by atoms with Crippen molar-refractivity contribution in [1.29, 1.82) is 0 Å². The van der Waals surface area contributed by atoms with E-state index in [2.05, 4.69) is 9.97 Å². The third-order valence-corrected chi connectivity index (χ3v) is 2.42. The molecule has 0 aliphatic rings. The van der Waals surface area contributed by atoms with Crippen molar-refractivity contribution in [3.8, 4) is 5.88 Å². The number of esters is 1. The Kier molecular flexibility index (Phi) is 6.05. The van der Waals surface area contributed by atoms with E-state index in [0.29, 0.717) is 37.3 Å². The van der Waals surface area contributed by atoms with Gasteiger partial charge < -0.3 is 14.4 Å². The molecular weight excluding hydrogens is 246 g/mol. The molecule has 0 bridgehead atoms. The van der Waals surface area contributed by atoms with Crippen molar-refractivity contribution < 1.29 is 14.3 Å². The van der Waals surface area contributed by atoms with Crippen LogP contribution in [0.1, 0.15) is 26.6 Å². The first-order chi connectivity index (χ1) is 9.10. The molecule has 0 amide bonds. The molecule has 0 aliphatic heterocycles. The van der Waals surface area contributed by atoms with Gasteiger partial charge in [0.2, 0.25) is 5.88 Å². The molecule has 1 aromatic rings. The fraction of sp³-hybridized carbons (Fsp3) is 0.615. The maximum atomic E-state index is 11.5. The number of rotatable bonds is 7. The molecule has 106 valence electrons. The Morgan fingerprint density at radius 2 is 2.00 bits per heavy atom. The minimum Gasteiger partial charge on any atom is -0.478 e. The molecule has 1 aromatic heterocycles. The minimum absolute atomic E-state index is 0.173. The first-order valence-electron chi connectivity index (χ1n) is 6.49. The number of carbonyl (C=O) groups is 1. The Morgan fingerprint density at radius 1 is 1.26 bits per heavy atom. The van der Waals surface area contributed by atoms with E-state index in [1.807, 2.05) is 18.7 Å². The molecule has 0 aromatic carbocycles. The van der Waals surface area contributed by atoms with Crippen molar-refractivity contribution in [2.75, 3.05) is 31.2 Å². The van der Waals surface area contributed by atoms with Crippen LogP contribution >= 0.6 is 0 Å². The molecule has 0 aliphatic carbocycles. The summed E-state index contributed by atoms with van der Waals surface area (Å²) in [4.78, 5) is 21.9. The lowest BCUT2D eigenvalue weighted by Crippen LogP contribution is -2.31. The van der Waals surface area contributed by atoms with Gasteiger partial charge in [-0.3, -0.25) is 4.79 Å². The molecular formula is C13H21N3O3. The van der Waals surface area contributed by atoms with E-state index in [9.17, 15) is 4.79 Å². The van der Waals surface area contributed by atoms with E-state index in [1.54, 1.807) is 19.9 Å². The van der Waals surface area contributed by atoms with Gasteiger partial charge in [-0.25, -0.2) is 4.98 Å². The van der Waals surface area contributed by atoms with Crippen molar-refractivity contribution in [1.82, 2.24) is 9.97 Å². The average Bonchev–Trinajstić information content (AvgIpc) is 2.36. The summed E-state index contributed by atoms with van der Waals surface area (Å²) in [6.45, 7) is 9.18. The van der Waals surface area contributed by atoms with Gasteiger partial charge in [0.25, 0.3) is 0 Å². The summed E-state index contributed by atoms with van der Waals surface area (Å²) in [6, 6.07) is 1.74. The molecule has 0 atom stereocenters. The van der Waals surface area contributed by atoms with Crippen LogP contribution in [0.3, 0.4) is 0 Å². The van der Waals surface area contributed by atoms with Gasteiger partial charge in [-0.1, -0.05) is 0 Å². The maximum Gasteiger partial charge on any atom is 0.325 e. The Balaban J connectivity index is 2.87. The molecule has 1 heterocycles. The van der Waals surface area contributed by atoms with E-state index in [0.717, 1.165) is 0 Å². The fourth-order valence-electron chi connectivity index (χ4n) is 1.63. The van der Waals surface area contributed by atoms with Gasteiger partial charge in [-0.15, -0.1) is 0 Å². The van der Waals surface area contributed by atoms with Crippen LogP contribution < -0.4 is 9.64 Å². The van der Waals surface area contributed by atoms with Crippen LogP contribution in [0, 0.1) is 6.92 Å². The van der Waals surface area contributed by atoms with Gasteiger partial charge in [0.1, 0.15) is 18.2 Å². The zero-order chi connectivity index (χ0) is 14.3. The Hall–Kier alpha value is -1.85. The lowest BCUT2D eigenvalue weighted by molar-refractivity contribution is -0.141. The van der Waals surface area contributed by atoms with Gasteiger partial charge >= 0.3 is 5.97 Å². The molecule has 0 N–H and O–H groups in total. The van der Waals surface area contributed by atoms with Gasteiger partial charge in [0, 0.05) is 12.6 Å². The first-order valence-corrected chi connectivity index (χ1v) is 6.49. The molecule has 0 saturated heterocycles. The Bertz CT molecular complexity index is 424. The monoisotopic (exact) mass is 267 g/mol. The number of aryl methyl sites for hydroxylation is 1. The summed E-state index contributed by atoms with van der Waals surface area (Å²) < 4.78 is 10.3. The molecule has 0 unspecified atom stereocenters. The Morgan fingerprint density at radius 3 is 2.58 bits per heavy atom. The van der Waals surface area contributed by atoms with Crippen LogP contribution in [0.5, 0.6) is 5.88 Å². The highest BCUT2D eigenvalue weighted by Crippen LogP contribution is 2.17. The number of carbonyl (C=O) groups excluding carboxylic acids is 1. The summed E-state index contributed by atoms with van der Waals surface area (Å²) in [6.07, 6.45) is 0. The molecule has 0 fully saturated rings. The van der Waals surface area contributed by atoms with Crippen molar-refractivity contribution in [2.24, 2.45) is 0 Å². The van der Waals surface area contributed by atoms with E-state index >= 15 is 0 Å². The second-order valence-electron chi connectivity index (χ2n) is 3.86.